The summed E-state index contributed by atoms with van der Waals surface area (Å²) in [6.07, 6.45) is 3.43. The molecule has 2 aromatic heterocycles. The van der Waals surface area contributed by atoms with Crippen LogP contribution in [0.3, 0.4) is 0 Å². The van der Waals surface area contributed by atoms with Crippen LogP contribution in [-0.4, -0.2) is 30.8 Å². The number of aromatic nitrogens is 2. The number of anilines is 1. The average molecular weight is 456 g/mol. The second-order valence-electron chi connectivity index (χ2n) is 6.75. The van der Waals surface area contributed by atoms with Crippen LogP contribution < -0.4 is 4.31 Å². The Morgan fingerprint density at radius 1 is 1.03 bits per heavy atom. The van der Waals surface area contributed by atoms with E-state index in [2.05, 4.69) is 4.98 Å². The minimum absolute atomic E-state index is 0.0189. The van der Waals surface area contributed by atoms with Crippen LogP contribution in [0.15, 0.2) is 84.0 Å². The van der Waals surface area contributed by atoms with Crippen molar-refractivity contribution in [1.29, 1.82) is 0 Å². The molecule has 0 saturated carbocycles. The molecule has 2 aromatic carbocycles. The number of halogens is 1. The third-order valence-electron chi connectivity index (χ3n) is 4.68. The zero-order valence-electron chi connectivity index (χ0n) is 16.5. The molecule has 4 aromatic rings. The molecule has 0 amide bonds. The van der Waals surface area contributed by atoms with Gasteiger partial charge in [-0.25, -0.2) is 18.2 Å². The van der Waals surface area contributed by atoms with Crippen LogP contribution in [0, 0.1) is 0 Å². The first-order valence-corrected chi connectivity index (χ1v) is 11.1. The Morgan fingerprint density at radius 2 is 1.74 bits per heavy atom. The number of carbonyl (C=O) groups excluding carboxylic acids is 1. The van der Waals surface area contributed by atoms with E-state index in [1.54, 1.807) is 53.2 Å². The molecule has 0 unspecified atom stereocenters. The van der Waals surface area contributed by atoms with Gasteiger partial charge in [-0.05, 0) is 48.5 Å². The lowest BCUT2D eigenvalue weighted by Gasteiger charge is -2.19. The minimum Gasteiger partial charge on any atom is -0.456 e. The van der Waals surface area contributed by atoms with Crippen LogP contribution in [0.5, 0.6) is 0 Å². The van der Waals surface area contributed by atoms with E-state index < -0.39 is 16.0 Å². The highest BCUT2D eigenvalue weighted by atomic mass is 35.5. The first-order valence-electron chi connectivity index (χ1n) is 9.29. The topological polar surface area (TPSA) is 81.0 Å². The second-order valence-corrected chi connectivity index (χ2v) is 9.16. The summed E-state index contributed by atoms with van der Waals surface area (Å²) < 4.78 is 33.9. The van der Waals surface area contributed by atoms with Crippen molar-refractivity contribution in [2.24, 2.45) is 0 Å². The maximum Gasteiger partial charge on any atom is 0.338 e. The average Bonchev–Trinajstić information content (AvgIpc) is 3.19. The van der Waals surface area contributed by atoms with Crippen molar-refractivity contribution < 1.29 is 17.9 Å². The van der Waals surface area contributed by atoms with Crippen molar-refractivity contribution >= 4 is 38.9 Å². The molecule has 0 spiro atoms. The predicted octanol–water partition coefficient (Wildman–Crippen LogP) is 4.17. The molecular weight excluding hydrogens is 438 g/mol. The molecule has 4 rings (SSSR count). The number of hydrogen-bond acceptors (Lipinski definition) is 5. The van der Waals surface area contributed by atoms with E-state index in [0.717, 1.165) is 0 Å². The Balaban J connectivity index is 1.45. The summed E-state index contributed by atoms with van der Waals surface area (Å²) in [7, 11) is -2.27. The van der Waals surface area contributed by atoms with Crippen LogP contribution in [0.1, 0.15) is 16.1 Å². The van der Waals surface area contributed by atoms with Crippen molar-refractivity contribution in [3.05, 3.63) is 95.4 Å². The molecule has 0 bridgehead atoms. The lowest BCUT2D eigenvalue weighted by atomic mass is 10.2. The summed E-state index contributed by atoms with van der Waals surface area (Å²) in [4.78, 5) is 16.8. The highest BCUT2D eigenvalue weighted by molar-refractivity contribution is 7.92. The van der Waals surface area contributed by atoms with Gasteiger partial charge in [0.05, 0.1) is 26.9 Å². The minimum atomic E-state index is -3.75. The van der Waals surface area contributed by atoms with Crippen molar-refractivity contribution in [2.45, 2.75) is 11.5 Å². The van der Waals surface area contributed by atoms with Crippen molar-refractivity contribution in [3.63, 3.8) is 0 Å². The highest BCUT2D eigenvalue weighted by Gasteiger charge is 2.21. The van der Waals surface area contributed by atoms with Gasteiger partial charge in [-0.1, -0.05) is 29.8 Å². The number of carbonyl (C=O) groups is 1. The summed E-state index contributed by atoms with van der Waals surface area (Å²) in [6.45, 7) is -0.0189. The first kappa shape index (κ1) is 20.9. The molecule has 0 aliphatic rings. The highest BCUT2D eigenvalue weighted by Crippen LogP contribution is 2.22. The molecular formula is C22H18ClN3O4S. The number of hydrogen-bond donors (Lipinski definition) is 0. The third kappa shape index (κ3) is 4.40. The van der Waals surface area contributed by atoms with Crippen molar-refractivity contribution in [3.8, 4) is 0 Å². The number of imidazole rings is 1. The number of sulfonamides is 1. The third-order valence-corrected chi connectivity index (χ3v) is 6.71. The van der Waals surface area contributed by atoms with Crippen LogP contribution >= 0.6 is 11.6 Å². The van der Waals surface area contributed by atoms with Gasteiger partial charge in [0.1, 0.15) is 12.3 Å². The summed E-state index contributed by atoms with van der Waals surface area (Å²) in [5.74, 6) is -0.574. The molecule has 2 heterocycles. The van der Waals surface area contributed by atoms with E-state index in [4.69, 9.17) is 16.3 Å². The Bertz CT molecular complexity index is 1340. The van der Waals surface area contributed by atoms with Crippen LogP contribution in [0.4, 0.5) is 5.69 Å². The smallest absolute Gasteiger partial charge is 0.338 e. The van der Waals surface area contributed by atoms with Gasteiger partial charge in [-0.3, -0.25) is 4.31 Å². The van der Waals surface area contributed by atoms with Crippen LogP contribution in [0.2, 0.25) is 5.02 Å². The van der Waals surface area contributed by atoms with Gasteiger partial charge in [0.25, 0.3) is 10.0 Å². The van der Waals surface area contributed by atoms with Gasteiger partial charge >= 0.3 is 5.97 Å². The summed E-state index contributed by atoms with van der Waals surface area (Å²) >= 11 is 5.95. The Kier molecular flexibility index (Phi) is 5.67. The quantitative estimate of drug-likeness (QED) is 0.407. The fraction of sp³-hybridized carbons (Fsp3) is 0.0909. The van der Waals surface area contributed by atoms with Gasteiger partial charge in [-0.15, -0.1) is 0 Å². The van der Waals surface area contributed by atoms with E-state index in [1.165, 1.54) is 35.6 Å². The summed E-state index contributed by atoms with van der Waals surface area (Å²) in [5, 5.41) is 0.571. The molecule has 0 atom stereocenters. The van der Waals surface area contributed by atoms with Gasteiger partial charge in [-0.2, -0.15) is 0 Å². The van der Waals surface area contributed by atoms with Gasteiger partial charge in [0.15, 0.2) is 0 Å². The van der Waals surface area contributed by atoms with Crippen LogP contribution in [-0.2, 0) is 21.4 Å². The van der Waals surface area contributed by atoms with Gasteiger partial charge in [0.2, 0.25) is 0 Å². The van der Waals surface area contributed by atoms with E-state index in [0.29, 0.717) is 22.1 Å². The van der Waals surface area contributed by atoms with E-state index in [-0.39, 0.29) is 17.1 Å². The monoisotopic (exact) mass is 455 g/mol. The normalized spacial score (nSPS) is 11.4. The van der Waals surface area contributed by atoms with Gasteiger partial charge in [0, 0.05) is 19.4 Å². The lowest BCUT2D eigenvalue weighted by molar-refractivity contribution is 0.0468. The number of pyridine rings is 1. The SMILES string of the molecule is CN(c1ccccc1)S(=O)(=O)c1ccc(C(=O)OCc2cn3cc(Cl)ccc3n2)cc1. The van der Waals surface area contributed by atoms with Crippen molar-refractivity contribution in [2.75, 3.05) is 11.4 Å². The molecule has 31 heavy (non-hydrogen) atoms. The number of esters is 1. The van der Waals surface area contributed by atoms with Gasteiger partial charge < -0.3 is 9.14 Å². The molecule has 0 radical (unpaired) electrons. The number of rotatable bonds is 6. The fourth-order valence-corrected chi connectivity index (χ4v) is 4.37. The second kappa shape index (κ2) is 8.41. The molecule has 158 valence electrons. The molecule has 0 aliphatic carbocycles. The number of para-hydroxylation sites is 1. The molecule has 0 N–H and O–H groups in total. The van der Waals surface area contributed by atoms with Crippen LogP contribution in [0.25, 0.3) is 5.65 Å². The van der Waals surface area contributed by atoms with E-state index >= 15 is 0 Å². The molecule has 9 heteroatoms. The van der Waals surface area contributed by atoms with Crippen molar-refractivity contribution in [1.82, 2.24) is 9.38 Å². The largest absolute Gasteiger partial charge is 0.456 e. The van der Waals surface area contributed by atoms with E-state index in [1.807, 2.05) is 6.07 Å². The summed E-state index contributed by atoms with van der Waals surface area (Å²) in [5.41, 5.74) is 2.04. The Hall–Kier alpha value is -3.36. The molecule has 7 nitrogen and oxygen atoms in total. The Morgan fingerprint density at radius 3 is 2.45 bits per heavy atom. The standard InChI is InChI=1S/C22H18ClN3O4S/c1-25(19-5-3-2-4-6-19)31(28,29)20-10-7-16(8-11-20)22(27)30-15-18-14-26-13-17(23)9-12-21(26)24-18/h2-14H,15H2,1H3. The maximum absolute atomic E-state index is 12.8. The molecule has 0 aliphatic heterocycles. The lowest BCUT2D eigenvalue weighted by Crippen LogP contribution is -2.26. The zero-order chi connectivity index (χ0) is 22.0. The number of ether oxygens (including phenoxy) is 1. The number of fused-ring (bicyclic) bond motifs is 1. The first-order chi connectivity index (χ1) is 14.8. The number of benzene rings is 2. The predicted molar refractivity (Wildman–Crippen MR) is 118 cm³/mol. The number of nitrogens with zero attached hydrogens (tertiary/aromatic N) is 3. The van der Waals surface area contributed by atoms with E-state index in [9.17, 15) is 13.2 Å². The molecule has 0 fully saturated rings. The fourth-order valence-electron chi connectivity index (χ4n) is 3.01. The molecule has 0 saturated heterocycles. The Labute approximate surface area is 184 Å². The zero-order valence-corrected chi connectivity index (χ0v) is 18.0. The maximum atomic E-state index is 12.8. The summed E-state index contributed by atoms with van der Waals surface area (Å²) in [6, 6.07) is 17.9.